The maximum atomic E-state index is 7.47. The van der Waals surface area contributed by atoms with Gasteiger partial charge >= 0.3 is 0 Å². The molecular weight excluding hydrogens is 284 g/mol. The van der Waals surface area contributed by atoms with Crippen LogP contribution in [0.25, 0.3) is 0 Å². The van der Waals surface area contributed by atoms with E-state index in [1.165, 1.54) is 0 Å². The van der Waals surface area contributed by atoms with Crippen molar-refractivity contribution in [3.05, 3.63) is 72.9 Å². The monoisotopic (exact) mass is 300 g/mol. The molecule has 0 saturated heterocycles. The Balaban J connectivity index is 1.75. The van der Waals surface area contributed by atoms with Crippen LogP contribution in [0.3, 0.4) is 0 Å². The molecule has 0 fully saturated rings. The van der Waals surface area contributed by atoms with E-state index in [4.69, 9.17) is 5.41 Å². The smallest absolute Gasteiger partial charge is 0.0638 e. The molecule has 0 amide bonds. The van der Waals surface area contributed by atoms with Crippen LogP contribution in [0.1, 0.15) is 0 Å². The van der Waals surface area contributed by atoms with Crippen LogP contribution in [0.4, 0.5) is 11.4 Å². The van der Waals surface area contributed by atoms with Crippen molar-refractivity contribution >= 4 is 34.2 Å². The van der Waals surface area contributed by atoms with E-state index in [2.05, 4.69) is 15.0 Å². The molecule has 0 heterocycles. The molecule has 23 heavy (non-hydrogen) atoms. The highest BCUT2D eigenvalue weighted by molar-refractivity contribution is 6.19. The first-order valence-electron chi connectivity index (χ1n) is 7.28. The van der Waals surface area contributed by atoms with E-state index in [1.807, 2.05) is 60.7 Å². The number of hydrogen-bond acceptors (Lipinski definition) is 4. The summed E-state index contributed by atoms with van der Waals surface area (Å²) in [6, 6.07) is 7.75. The average molecular weight is 300 g/mol. The van der Waals surface area contributed by atoms with E-state index in [9.17, 15) is 0 Å². The quantitative estimate of drug-likeness (QED) is 0.797. The number of hydrogen-bond donors (Lipinski definition) is 1. The van der Waals surface area contributed by atoms with Gasteiger partial charge < -0.3 is 5.41 Å². The predicted molar refractivity (Wildman–Crippen MR) is 98.3 cm³/mol. The molecule has 0 saturated carbocycles. The van der Waals surface area contributed by atoms with E-state index >= 15 is 0 Å². The van der Waals surface area contributed by atoms with Crippen molar-refractivity contribution < 1.29 is 0 Å². The summed E-state index contributed by atoms with van der Waals surface area (Å²) in [4.78, 5) is 13.2. The summed E-state index contributed by atoms with van der Waals surface area (Å²) in [5.74, 6) is 0. The molecule has 112 valence electrons. The average Bonchev–Trinajstić information content (AvgIpc) is 2.59. The van der Waals surface area contributed by atoms with Gasteiger partial charge in [-0.2, -0.15) is 0 Å². The second-order valence-corrected chi connectivity index (χ2v) is 5.03. The summed E-state index contributed by atoms with van der Waals surface area (Å²) < 4.78 is 0. The molecular formula is C19H16N4. The standard InChI is InChI=1S/C19H16N4/c1-21-15-6-8-17(9-7-15)23-19-12-10-18(11-13-19)22-16-4-2-14(20)3-5-16/h2-13,20H,1H3. The fourth-order valence-electron chi connectivity index (χ4n) is 2.11. The zero-order valence-corrected chi connectivity index (χ0v) is 12.8. The van der Waals surface area contributed by atoms with Crippen LogP contribution in [0, 0.1) is 5.41 Å². The van der Waals surface area contributed by atoms with Crippen molar-refractivity contribution in [1.29, 1.82) is 5.41 Å². The lowest BCUT2D eigenvalue weighted by Crippen LogP contribution is -1.99. The molecule has 1 aromatic carbocycles. The minimum atomic E-state index is 0.486. The van der Waals surface area contributed by atoms with Gasteiger partial charge in [-0.05, 0) is 72.9 Å². The minimum Gasteiger partial charge on any atom is -0.301 e. The topological polar surface area (TPSA) is 60.9 Å². The Labute approximate surface area is 135 Å². The number of nitrogens with one attached hydrogen (secondary N) is 1. The molecule has 4 heteroatoms. The maximum Gasteiger partial charge on any atom is 0.0638 e. The molecule has 0 spiro atoms. The molecule has 3 rings (SSSR count). The normalized spacial score (nSPS) is 16.0. The van der Waals surface area contributed by atoms with Gasteiger partial charge in [0.2, 0.25) is 0 Å². The van der Waals surface area contributed by atoms with Crippen LogP contribution < -0.4 is 0 Å². The van der Waals surface area contributed by atoms with E-state index in [1.54, 1.807) is 19.2 Å². The molecule has 0 unspecified atom stereocenters. The number of allylic oxidation sites excluding steroid dienone is 8. The molecule has 0 aliphatic heterocycles. The van der Waals surface area contributed by atoms with Crippen molar-refractivity contribution in [1.82, 2.24) is 0 Å². The fraction of sp³-hybridized carbons (Fsp3) is 0.0526. The first-order valence-corrected chi connectivity index (χ1v) is 7.28. The van der Waals surface area contributed by atoms with Crippen molar-refractivity contribution in [2.24, 2.45) is 15.0 Å². The Morgan fingerprint density at radius 1 is 0.609 bits per heavy atom. The van der Waals surface area contributed by atoms with Gasteiger partial charge in [-0.1, -0.05) is 0 Å². The van der Waals surface area contributed by atoms with Crippen LogP contribution in [0.2, 0.25) is 0 Å². The Kier molecular flexibility index (Phi) is 4.34. The lowest BCUT2D eigenvalue weighted by Gasteiger charge is -2.03. The number of rotatable bonds is 2. The van der Waals surface area contributed by atoms with Crippen LogP contribution in [0.15, 0.2) is 87.9 Å². The predicted octanol–water partition coefficient (Wildman–Crippen LogP) is 4.17. The Bertz CT molecular complexity index is 793. The van der Waals surface area contributed by atoms with E-state index < -0.39 is 0 Å². The van der Waals surface area contributed by atoms with E-state index in [-0.39, 0.29) is 0 Å². The number of nitrogens with zero attached hydrogens (tertiary/aromatic N) is 3. The largest absolute Gasteiger partial charge is 0.301 e. The highest BCUT2D eigenvalue weighted by Gasteiger charge is 2.00. The Hall–Kier alpha value is -3.14. The van der Waals surface area contributed by atoms with Crippen molar-refractivity contribution in [3.8, 4) is 0 Å². The summed E-state index contributed by atoms with van der Waals surface area (Å²) >= 11 is 0. The molecule has 0 atom stereocenters. The molecule has 0 bridgehead atoms. The van der Waals surface area contributed by atoms with Crippen LogP contribution in [0.5, 0.6) is 0 Å². The third-order valence-corrected chi connectivity index (χ3v) is 3.34. The second-order valence-electron chi connectivity index (χ2n) is 5.03. The third-order valence-electron chi connectivity index (χ3n) is 3.34. The molecule has 2 aliphatic rings. The van der Waals surface area contributed by atoms with Gasteiger partial charge in [-0.25, -0.2) is 9.98 Å². The molecule has 1 N–H and O–H groups in total. The Morgan fingerprint density at radius 2 is 1.00 bits per heavy atom. The second kappa shape index (κ2) is 6.75. The summed E-state index contributed by atoms with van der Waals surface area (Å²) in [5, 5.41) is 7.47. The van der Waals surface area contributed by atoms with Crippen molar-refractivity contribution in [2.75, 3.05) is 7.05 Å². The van der Waals surface area contributed by atoms with Crippen LogP contribution in [-0.2, 0) is 0 Å². The lowest BCUT2D eigenvalue weighted by molar-refractivity contribution is 1.45. The van der Waals surface area contributed by atoms with Gasteiger partial charge in [-0.3, -0.25) is 4.99 Å². The van der Waals surface area contributed by atoms with Crippen molar-refractivity contribution in [2.45, 2.75) is 0 Å². The van der Waals surface area contributed by atoms with Crippen LogP contribution in [-0.4, -0.2) is 29.9 Å². The molecule has 0 aromatic heterocycles. The zero-order chi connectivity index (χ0) is 16.1. The summed E-state index contributed by atoms with van der Waals surface area (Å²) in [7, 11) is 1.77. The minimum absolute atomic E-state index is 0.486. The van der Waals surface area contributed by atoms with Gasteiger partial charge in [0.1, 0.15) is 0 Å². The highest BCUT2D eigenvalue weighted by Crippen LogP contribution is 2.20. The maximum absolute atomic E-state index is 7.47. The molecule has 2 aliphatic carbocycles. The zero-order valence-electron chi connectivity index (χ0n) is 12.8. The van der Waals surface area contributed by atoms with Crippen molar-refractivity contribution in [3.63, 3.8) is 0 Å². The Morgan fingerprint density at radius 3 is 1.43 bits per heavy atom. The SMILES string of the molecule is CN=C1C=CC(=Nc2ccc(N=C3C=CC(=N)C=C3)cc2)C=C1. The van der Waals surface area contributed by atoms with E-state index in [0.29, 0.717) is 5.71 Å². The first-order chi connectivity index (χ1) is 11.2. The summed E-state index contributed by atoms with van der Waals surface area (Å²) in [5.41, 5.74) is 4.91. The fourth-order valence-corrected chi connectivity index (χ4v) is 2.11. The third kappa shape index (κ3) is 3.95. The van der Waals surface area contributed by atoms with Gasteiger partial charge in [-0.15, -0.1) is 0 Å². The van der Waals surface area contributed by atoms with Gasteiger partial charge in [0.15, 0.2) is 0 Å². The number of benzene rings is 1. The summed E-state index contributed by atoms with van der Waals surface area (Å²) in [6.07, 6.45) is 14.9. The summed E-state index contributed by atoms with van der Waals surface area (Å²) in [6.45, 7) is 0. The van der Waals surface area contributed by atoms with Gasteiger partial charge in [0.05, 0.1) is 34.2 Å². The number of aliphatic imine (C=N–C) groups is 3. The first kappa shape index (κ1) is 14.8. The van der Waals surface area contributed by atoms with E-state index in [0.717, 1.165) is 28.5 Å². The molecule has 4 nitrogen and oxygen atoms in total. The van der Waals surface area contributed by atoms with Gasteiger partial charge in [0, 0.05) is 7.05 Å². The van der Waals surface area contributed by atoms with Crippen LogP contribution >= 0.6 is 0 Å². The molecule has 1 aromatic rings. The highest BCUT2D eigenvalue weighted by atomic mass is 14.8. The lowest BCUT2D eigenvalue weighted by atomic mass is 10.1. The molecule has 0 radical (unpaired) electrons. The van der Waals surface area contributed by atoms with Gasteiger partial charge in [0.25, 0.3) is 0 Å².